The number of hydrogen-bond acceptors (Lipinski definition) is 5. The van der Waals surface area contributed by atoms with Gasteiger partial charge in [0.25, 0.3) is 5.56 Å². The minimum absolute atomic E-state index is 0.0700. The number of H-pyrrole nitrogens is 1. The van der Waals surface area contributed by atoms with Crippen molar-refractivity contribution in [3.05, 3.63) is 22.2 Å². The van der Waals surface area contributed by atoms with E-state index in [0.29, 0.717) is 11.6 Å². The highest BCUT2D eigenvalue weighted by atomic mass is 32.2. The number of aryl methyl sites for hydroxylation is 1. The highest BCUT2D eigenvalue weighted by molar-refractivity contribution is 7.99. The van der Waals surface area contributed by atoms with Gasteiger partial charge in [0.15, 0.2) is 0 Å². The Labute approximate surface area is 108 Å². The molecule has 7 heteroatoms. The molecular weight excluding hydrogens is 254 g/mol. The monoisotopic (exact) mass is 269 g/mol. The van der Waals surface area contributed by atoms with Gasteiger partial charge in [0, 0.05) is 30.2 Å². The van der Waals surface area contributed by atoms with E-state index in [1.54, 1.807) is 18.7 Å². The molecule has 6 nitrogen and oxygen atoms in total. The van der Waals surface area contributed by atoms with Crippen molar-refractivity contribution in [2.45, 2.75) is 19.4 Å². The van der Waals surface area contributed by atoms with E-state index in [1.807, 2.05) is 4.90 Å². The summed E-state index contributed by atoms with van der Waals surface area (Å²) in [5.41, 5.74) is -0.204. The Bertz CT molecular complexity index is 503. The van der Waals surface area contributed by atoms with Gasteiger partial charge in [-0.2, -0.15) is 11.8 Å². The Morgan fingerprint density at radius 2 is 2.50 bits per heavy atom. The van der Waals surface area contributed by atoms with Gasteiger partial charge in [-0.1, -0.05) is 0 Å². The van der Waals surface area contributed by atoms with Crippen LogP contribution >= 0.6 is 11.8 Å². The van der Waals surface area contributed by atoms with Crippen LogP contribution in [0.5, 0.6) is 0 Å². The van der Waals surface area contributed by atoms with Crippen LogP contribution in [0.4, 0.5) is 5.82 Å². The van der Waals surface area contributed by atoms with Crippen molar-refractivity contribution >= 4 is 23.5 Å². The summed E-state index contributed by atoms with van der Waals surface area (Å²) in [5.74, 6) is 1.96. The number of thioether (sulfide) groups is 1. The highest BCUT2D eigenvalue weighted by Gasteiger charge is 2.26. The summed E-state index contributed by atoms with van der Waals surface area (Å²) < 4.78 is 0. The number of nitrogens with one attached hydrogen (secondary N) is 1. The number of nitrogens with zero attached hydrogens (tertiary/aromatic N) is 2. The number of hydrogen-bond donors (Lipinski definition) is 2. The van der Waals surface area contributed by atoms with Crippen molar-refractivity contribution in [3.63, 3.8) is 0 Å². The van der Waals surface area contributed by atoms with Gasteiger partial charge in [-0.25, -0.2) is 4.98 Å². The lowest BCUT2D eigenvalue weighted by Gasteiger charge is -2.35. The number of aromatic amines is 1. The molecule has 1 aromatic rings. The number of carboxylic acid groups (broad SMARTS) is 1. The molecule has 0 radical (unpaired) electrons. The first-order valence-corrected chi connectivity index (χ1v) is 6.86. The van der Waals surface area contributed by atoms with Crippen LogP contribution < -0.4 is 10.5 Å². The van der Waals surface area contributed by atoms with Crippen LogP contribution in [0, 0.1) is 6.92 Å². The van der Waals surface area contributed by atoms with Gasteiger partial charge in [-0.15, -0.1) is 0 Å². The molecule has 0 bridgehead atoms. The number of aromatic nitrogens is 2. The highest BCUT2D eigenvalue weighted by Crippen LogP contribution is 2.23. The molecule has 1 aliphatic heterocycles. The molecule has 1 fully saturated rings. The van der Waals surface area contributed by atoms with E-state index in [-0.39, 0.29) is 18.0 Å². The molecule has 2 heterocycles. The predicted molar refractivity (Wildman–Crippen MR) is 70.3 cm³/mol. The van der Waals surface area contributed by atoms with E-state index in [2.05, 4.69) is 9.97 Å². The van der Waals surface area contributed by atoms with Crippen LogP contribution in [0.25, 0.3) is 0 Å². The zero-order chi connectivity index (χ0) is 13.1. The third-order valence-electron chi connectivity index (χ3n) is 2.78. The van der Waals surface area contributed by atoms with Crippen LogP contribution in [0.15, 0.2) is 10.9 Å². The Morgan fingerprint density at radius 1 is 1.72 bits per heavy atom. The lowest BCUT2D eigenvalue weighted by atomic mass is 10.2. The molecule has 1 unspecified atom stereocenters. The second kappa shape index (κ2) is 5.43. The topological polar surface area (TPSA) is 86.3 Å². The summed E-state index contributed by atoms with van der Waals surface area (Å²) in [6.07, 6.45) is 0.0700. The third-order valence-corrected chi connectivity index (χ3v) is 3.87. The average molecular weight is 269 g/mol. The molecule has 2 rings (SSSR count). The van der Waals surface area contributed by atoms with Crippen LogP contribution in [0.2, 0.25) is 0 Å². The Morgan fingerprint density at radius 3 is 3.17 bits per heavy atom. The molecule has 0 aliphatic carbocycles. The largest absolute Gasteiger partial charge is 0.481 e. The van der Waals surface area contributed by atoms with Crippen molar-refractivity contribution < 1.29 is 9.90 Å². The predicted octanol–water partition coefficient (Wildman–Crippen LogP) is 0.475. The van der Waals surface area contributed by atoms with Gasteiger partial charge in [0.05, 0.1) is 6.42 Å². The molecule has 1 atom stereocenters. The van der Waals surface area contributed by atoms with Crippen molar-refractivity contribution in [1.82, 2.24) is 9.97 Å². The molecule has 1 aromatic heterocycles. The number of carbonyl (C=O) groups is 1. The van der Waals surface area contributed by atoms with E-state index in [0.717, 1.165) is 18.1 Å². The fraction of sp³-hybridized carbons (Fsp3) is 0.545. The van der Waals surface area contributed by atoms with Crippen molar-refractivity contribution in [1.29, 1.82) is 0 Å². The minimum Gasteiger partial charge on any atom is -0.481 e. The zero-order valence-electron chi connectivity index (χ0n) is 10.0. The second-order valence-corrected chi connectivity index (χ2v) is 5.36. The lowest BCUT2D eigenvalue weighted by Crippen LogP contribution is -2.44. The summed E-state index contributed by atoms with van der Waals surface area (Å²) in [6, 6.07) is 1.33. The normalized spacial score (nSPS) is 19.8. The smallest absolute Gasteiger partial charge is 0.305 e. The molecular formula is C11H15N3O3S. The van der Waals surface area contributed by atoms with Gasteiger partial charge in [-0.05, 0) is 6.92 Å². The number of rotatable bonds is 3. The summed E-state index contributed by atoms with van der Waals surface area (Å²) in [5, 5.41) is 8.92. The van der Waals surface area contributed by atoms with Crippen LogP contribution in [0.3, 0.4) is 0 Å². The lowest BCUT2D eigenvalue weighted by molar-refractivity contribution is -0.137. The van der Waals surface area contributed by atoms with E-state index in [1.165, 1.54) is 6.07 Å². The Hall–Kier alpha value is -1.50. The zero-order valence-corrected chi connectivity index (χ0v) is 10.9. The molecule has 0 spiro atoms. The van der Waals surface area contributed by atoms with Crippen LogP contribution in [-0.2, 0) is 4.79 Å². The maximum absolute atomic E-state index is 11.4. The first-order chi connectivity index (χ1) is 8.56. The maximum atomic E-state index is 11.4. The van der Waals surface area contributed by atoms with Gasteiger partial charge < -0.3 is 15.0 Å². The van der Waals surface area contributed by atoms with Gasteiger partial charge >= 0.3 is 5.97 Å². The molecule has 0 aromatic carbocycles. The SMILES string of the molecule is Cc1nc(N2CCSCC2CC(=O)O)cc(=O)[nH]1. The van der Waals surface area contributed by atoms with E-state index in [4.69, 9.17) is 5.11 Å². The van der Waals surface area contributed by atoms with Crippen molar-refractivity contribution in [2.24, 2.45) is 0 Å². The van der Waals surface area contributed by atoms with Crippen molar-refractivity contribution in [2.75, 3.05) is 23.0 Å². The summed E-state index contributed by atoms with van der Waals surface area (Å²) >= 11 is 1.73. The van der Waals surface area contributed by atoms with Gasteiger partial charge in [0.1, 0.15) is 11.6 Å². The molecule has 2 N–H and O–H groups in total. The van der Waals surface area contributed by atoms with E-state index >= 15 is 0 Å². The summed E-state index contributed by atoms with van der Waals surface area (Å²) in [6.45, 7) is 2.44. The quantitative estimate of drug-likeness (QED) is 0.830. The van der Waals surface area contributed by atoms with E-state index in [9.17, 15) is 9.59 Å². The molecule has 1 aliphatic rings. The fourth-order valence-electron chi connectivity index (χ4n) is 2.04. The molecule has 0 saturated carbocycles. The van der Waals surface area contributed by atoms with Gasteiger partial charge in [-0.3, -0.25) is 9.59 Å². The van der Waals surface area contributed by atoms with Crippen LogP contribution in [0.1, 0.15) is 12.2 Å². The number of carboxylic acids is 1. The Kier molecular flexibility index (Phi) is 3.90. The molecule has 0 amide bonds. The standard InChI is InChI=1S/C11H15N3O3S/c1-7-12-9(5-10(15)13-7)14-2-3-18-6-8(14)4-11(16)17/h5,8H,2-4,6H2,1H3,(H,16,17)(H,12,13,15). The van der Waals surface area contributed by atoms with Gasteiger partial charge in [0.2, 0.25) is 0 Å². The summed E-state index contributed by atoms with van der Waals surface area (Å²) in [7, 11) is 0. The first kappa shape index (κ1) is 12.9. The number of aliphatic carboxylic acids is 1. The Balaban J connectivity index is 2.27. The number of anilines is 1. The molecule has 98 valence electrons. The fourth-order valence-corrected chi connectivity index (χ4v) is 3.10. The van der Waals surface area contributed by atoms with E-state index < -0.39 is 5.97 Å². The van der Waals surface area contributed by atoms with Crippen molar-refractivity contribution in [3.8, 4) is 0 Å². The van der Waals surface area contributed by atoms with Crippen LogP contribution in [-0.4, -0.2) is 45.1 Å². The maximum Gasteiger partial charge on any atom is 0.305 e. The molecule has 18 heavy (non-hydrogen) atoms. The summed E-state index contributed by atoms with van der Waals surface area (Å²) in [4.78, 5) is 31.1. The first-order valence-electron chi connectivity index (χ1n) is 5.70. The molecule has 1 saturated heterocycles. The average Bonchev–Trinajstić information content (AvgIpc) is 2.27. The third kappa shape index (κ3) is 3.04. The second-order valence-electron chi connectivity index (χ2n) is 4.21. The minimum atomic E-state index is -0.825.